The van der Waals surface area contributed by atoms with Gasteiger partial charge in [0.25, 0.3) is 0 Å². The van der Waals surface area contributed by atoms with E-state index in [9.17, 15) is 24.0 Å². The summed E-state index contributed by atoms with van der Waals surface area (Å²) in [6.45, 7) is 4.21. The Kier molecular flexibility index (Phi) is 8.00. The zero-order valence-corrected chi connectivity index (χ0v) is 21.3. The Labute approximate surface area is 217 Å². The average molecular weight is 532 g/mol. The molecule has 12 heteroatoms. The molecule has 0 N–H and O–H groups in total. The highest BCUT2D eigenvalue weighted by molar-refractivity contribution is 5.83. The number of carbonyl (C=O) groups is 4. The molecule has 0 bridgehead atoms. The lowest BCUT2D eigenvalue weighted by Gasteiger charge is -2.43. The molecule has 5 atom stereocenters. The normalized spacial score (nSPS) is 24.3. The number of rotatable bonds is 7. The van der Waals surface area contributed by atoms with E-state index < -0.39 is 60.2 Å². The van der Waals surface area contributed by atoms with E-state index in [0.29, 0.717) is 17.6 Å². The van der Waals surface area contributed by atoms with Crippen molar-refractivity contribution in [3.05, 3.63) is 39.7 Å². The van der Waals surface area contributed by atoms with Crippen LogP contribution >= 0.6 is 0 Å². The minimum absolute atomic E-state index is 0.194. The molecule has 2 aliphatic rings. The Hall–Kier alpha value is -3.93. The number of carbonyl (C=O) groups excluding carboxylic acids is 4. The molecule has 1 aromatic heterocycles. The van der Waals surface area contributed by atoms with Crippen molar-refractivity contribution >= 4 is 34.8 Å². The van der Waals surface area contributed by atoms with Gasteiger partial charge in [0, 0.05) is 44.7 Å². The van der Waals surface area contributed by atoms with Gasteiger partial charge in [-0.25, -0.2) is 4.79 Å². The van der Waals surface area contributed by atoms with Crippen molar-refractivity contribution < 1.29 is 52.0 Å². The molecule has 0 unspecified atom stereocenters. The molecule has 1 aromatic carbocycles. The summed E-state index contributed by atoms with van der Waals surface area (Å²) >= 11 is 0. The first kappa shape index (κ1) is 27.1. The third kappa shape index (κ3) is 5.96. The van der Waals surface area contributed by atoms with Gasteiger partial charge in [-0.05, 0) is 37.0 Å². The lowest BCUT2D eigenvalue weighted by Crippen LogP contribution is -2.63. The van der Waals surface area contributed by atoms with Crippen LogP contribution in [0.1, 0.15) is 45.2 Å². The SMILES string of the molecule is CC(=O)OC[C@@H]1O[C@H](Oc2ccc3c4c(c(=O)oc3c2)CCC4)[C@@H](OC(C)=O)[C@H](OC(C)=O)[C@@H]1OC(C)=O. The molecule has 38 heavy (non-hydrogen) atoms. The van der Waals surface area contributed by atoms with E-state index in [1.165, 1.54) is 13.0 Å². The summed E-state index contributed by atoms with van der Waals surface area (Å²) in [4.78, 5) is 59.7. The van der Waals surface area contributed by atoms with Crippen molar-refractivity contribution in [3.63, 3.8) is 0 Å². The lowest BCUT2D eigenvalue weighted by atomic mass is 9.98. The van der Waals surface area contributed by atoms with Gasteiger partial charge in [0.1, 0.15) is 24.0 Å². The first-order chi connectivity index (χ1) is 18.0. The van der Waals surface area contributed by atoms with Crippen molar-refractivity contribution in [1.82, 2.24) is 0 Å². The molecule has 12 nitrogen and oxygen atoms in total. The predicted octanol–water partition coefficient (Wildman–Crippen LogP) is 1.74. The van der Waals surface area contributed by atoms with Crippen LogP contribution in [-0.2, 0) is 55.7 Å². The highest BCUT2D eigenvalue weighted by Crippen LogP contribution is 2.33. The molecule has 4 rings (SSSR count). The highest BCUT2D eigenvalue weighted by Gasteiger charge is 2.53. The third-order valence-corrected chi connectivity index (χ3v) is 6.15. The Morgan fingerprint density at radius 2 is 1.47 bits per heavy atom. The monoisotopic (exact) mass is 532 g/mol. The van der Waals surface area contributed by atoms with Crippen molar-refractivity contribution in [2.24, 2.45) is 0 Å². The Balaban J connectivity index is 1.71. The molecule has 204 valence electrons. The average Bonchev–Trinajstić information content (AvgIpc) is 3.32. The number of esters is 4. The van der Waals surface area contributed by atoms with Gasteiger partial charge in [-0.1, -0.05) is 0 Å². The maximum atomic E-state index is 12.4. The van der Waals surface area contributed by atoms with Crippen LogP contribution in [0.5, 0.6) is 5.75 Å². The number of aryl methyl sites for hydroxylation is 1. The summed E-state index contributed by atoms with van der Waals surface area (Å²) in [5, 5.41) is 0.783. The Morgan fingerprint density at radius 3 is 2.13 bits per heavy atom. The zero-order valence-electron chi connectivity index (χ0n) is 21.3. The van der Waals surface area contributed by atoms with Crippen molar-refractivity contribution in [3.8, 4) is 5.75 Å². The van der Waals surface area contributed by atoms with Crippen LogP contribution < -0.4 is 10.4 Å². The second-order valence-electron chi connectivity index (χ2n) is 9.04. The van der Waals surface area contributed by atoms with Gasteiger partial charge in [0.2, 0.25) is 12.4 Å². The summed E-state index contributed by atoms with van der Waals surface area (Å²) < 4.78 is 38.7. The van der Waals surface area contributed by atoms with E-state index in [2.05, 4.69) is 0 Å². The molecule has 1 aliphatic carbocycles. The standard InChI is InChI=1S/C26H28O12/c1-12(27)32-11-21-22(33-13(2)28)23(34-14(3)29)24(35-15(4)30)26(38-21)36-16-8-9-18-17-6-5-7-19(17)25(31)37-20(18)10-16/h8-10,21-24,26H,5-7,11H2,1-4H3/t21-,22+,23+,24-,26-/m0/s1. The van der Waals surface area contributed by atoms with Crippen molar-refractivity contribution in [2.45, 2.75) is 77.7 Å². The summed E-state index contributed by atoms with van der Waals surface area (Å²) in [5.41, 5.74) is 1.51. The molecule has 0 amide bonds. The minimum atomic E-state index is -1.39. The number of hydrogen-bond donors (Lipinski definition) is 0. The molecule has 1 saturated heterocycles. The van der Waals surface area contributed by atoms with Crippen LogP contribution in [0.25, 0.3) is 11.0 Å². The van der Waals surface area contributed by atoms with E-state index in [1.807, 2.05) is 0 Å². The van der Waals surface area contributed by atoms with Crippen LogP contribution in [-0.4, -0.2) is 61.2 Å². The van der Waals surface area contributed by atoms with Gasteiger partial charge in [-0.3, -0.25) is 19.2 Å². The van der Waals surface area contributed by atoms with Gasteiger partial charge in [0.15, 0.2) is 12.2 Å². The second kappa shape index (κ2) is 11.2. The number of hydrogen-bond acceptors (Lipinski definition) is 12. The maximum Gasteiger partial charge on any atom is 0.339 e. The van der Waals surface area contributed by atoms with Crippen LogP contribution in [0.2, 0.25) is 0 Å². The van der Waals surface area contributed by atoms with Gasteiger partial charge < -0.3 is 32.8 Å². The van der Waals surface area contributed by atoms with Gasteiger partial charge in [-0.15, -0.1) is 0 Å². The van der Waals surface area contributed by atoms with Gasteiger partial charge in [-0.2, -0.15) is 0 Å². The fourth-order valence-electron chi connectivity index (χ4n) is 4.76. The summed E-state index contributed by atoms with van der Waals surface area (Å²) in [6, 6.07) is 4.89. The van der Waals surface area contributed by atoms with E-state index in [4.69, 9.17) is 32.8 Å². The number of fused-ring (bicyclic) bond motifs is 3. The third-order valence-electron chi connectivity index (χ3n) is 6.15. The van der Waals surface area contributed by atoms with Crippen LogP contribution in [0, 0.1) is 0 Å². The molecule has 2 heterocycles. The van der Waals surface area contributed by atoms with Crippen LogP contribution in [0.3, 0.4) is 0 Å². The number of benzene rings is 1. The van der Waals surface area contributed by atoms with Crippen LogP contribution in [0.15, 0.2) is 27.4 Å². The van der Waals surface area contributed by atoms with Crippen molar-refractivity contribution in [1.29, 1.82) is 0 Å². The summed E-state index contributed by atoms with van der Waals surface area (Å²) in [6.07, 6.45) is -4.29. The van der Waals surface area contributed by atoms with E-state index in [0.717, 1.165) is 44.6 Å². The maximum absolute atomic E-state index is 12.4. The minimum Gasteiger partial charge on any atom is -0.463 e. The first-order valence-corrected chi connectivity index (χ1v) is 12.1. The molecular weight excluding hydrogens is 504 g/mol. The first-order valence-electron chi connectivity index (χ1n) is 12.1. The lowest BCUT2D eigenvalue weighted by molar-refractivity contribution is -0.288. The van der Waals surface area contributed by atoms with Crippen molar-refractivity contribution in [2.75, 3.05) is 6.61 Å². The molecule has 2 aromatic rings. The van der Waals surface area contributed by atoms with Gasteiger partial charge >= 0.3 is 29.5 Å². The molecule has 0 radical (unpaired) electrons. The Morgan fingerprint density at radius 1 is 0.842 bits per heavy atom. The molecule has 0 saturated carbocycles. The fraction of sp³-hybridized carbons (Fsp3) is 0.500. The molecule has 1 fully saturated rings. The Bertz CT molecular complexity index is 1310. The predicted molar refractivity (Wildman–Crippen MR) is 127 cm³/mol. The zero-order chi connectivity index (χ0) is 27.6. The summed E-state index contributed by atoms with van der Waals surface area (Å²) in [5.74, 6) is -2.67. The molecular formula is C26H28O12. The topological polar surface area (TPSA) is 154 Å². The van der Waals surface area contributed by atoms with E-state index >= 15 is 0 Å². The smallest absolute Gasteiger partial charge is 0.339 e. The fourth-order valence-corrected chi connectivity index (χ4v) is 4.76. The van der Waals surface area contributed by atoms with E-state index in [-0.39, 0.29) is 12.4 Å². The van der Waals surface area contributed by atoms with Crippen LogP contribution in [0.4, 0.5) is 0 Å². The van der Waals surface area contributed by atoms with E-state index in [1.54, 1.807) is 12.1 Å². The number of ether oxygens (including phenoxy) is 6. The second-order valence-corrected chi connectivity index (χ2v) is 9.04. The largest absolute Gasteiger partial charge is 0.463 e. The van der Waals surface area contributed by atoms with Gasteiger partial charge in [0.05, 0.1) is 0 Å². The molecule has 1 aliphatic heterocycles. The summed E-state index contributed by atoms with van der Waals surface area (Å²) in [7, 11) is 0. The molecule has 0 spiro atoms. The highest BCUT2D eigenvalue weighted by atomic mass is 16.7. The quantitative estimate of drug-likeness (QED) is 0.290.